The first-order valence-corrected chi connectivity index (χ1v) is 7.04. The Morgan fingerprint density at radius 2 is 2.19 bits per heavy atom. The van der Waals surface area contributed by atoms with Gasteiger partial charge in [-0.2, -0.15) is 0 Å². The van der Waals surface area contributed by atoms with E-state index < -0.39 is 5.82 Å². The number of halogens is 1. The molecule has 0 atom stereocenters. The highest BCUT2D eigenvalue weighted by atomic mass is 19.1. The van der Waals surface area contributed by atoms with Crippen LogP contribution in [0.15, 0.2) is 36.8 Å². The Labute approximate surface area is 122 Å². The third kappa shape index (κ3) is 2.95. The smallest absolute Gasteiger partial charge is 0.272 e. The number of nitrogens with one attached hydrogen (secondary N) is 2. The average Bonchev–Trinajstić information content (AvgIpc) is 3.00. The van der Waals surface area contributed by atoms with Crippen molar-refractivity contribution in [1.82, 2.24) is 14.9 Å². The Balaban J connectivity index is 1.79. The van der Waals surface area contributed by atoms with Gasteiger partial charge in [0.25, 0.3) is 5.91 Å². The summed E-state index contributed by atoms with van der Waals surface area (Å²) in [5.74, 6) is -0.838. The molecule has 1 saturated heterocycles. The van der Waals surface area contributed by atoms with Crippen molar-refractivity contribution < 1.29 is 9.18 Å². The largest absolute Gasteiger partial charge is 0.340 e. The van der Waals surface area contributed by atoms with Crippen LogP contribution >= 0.6 is 0 Å². The van der Waals surface area contributed by atoms with E-state index in [0.717, 1.165) is 32.1 Å². The Hall–Kier alpha value is -2.21. The summed E-state index contributed by atoms with van der Waals surface area (Å²) in [7, 11) is 0. The second-order valence-corrected chi connectivity index (χ2v) is 5.09. The number of pyridine rings is 1. The first-order valence-electron chi connectivity index (χ1n) is 7.04. The molecule has 1 fully saturated rings. The molecule has 0 bridgehead atoms. The maximum absolute atomic E-state index is 13.6. The molecule has 1 aliphatic heterocycles. The molecule has 0 aliphatic carbocycles. The van der Waals surface area contributed by atoms with Gasteiger partial charge in [-0.1, -0.05) is 0 Å². The van der Waals surface area contributed by atoms with Gasteiger partial charge in [0.05, 0.1) is 11.9 Å². The number of carbonyl (C=O) groups is 1. The van der Waals surface area contributed by atoms with Gasteiger partial charge in [-0.15, -0.1) is 0 Å². The highest BCUT2D eigenvalue weighted by Crippen LogP contribution is 2.22. The van der Waals surface area contributed by atoms with Gasteiger partial charge < -0.3 is 15.2 Å². The van der Waals surface area contributed by atoms with E-state index in [1.54, 1.807) is 6.07 Å². The Bertz CT molecular complexity index is 634. The normalized spacial score (nSPS) is 15.9. The standard InChI is InChI=1S/C15H17FN4O/c16-12-10-18-8-5-13(12)19-15(21)14-2-1-9-20(14)11-3-6-17-7-4-11/h1-2,5,8-11,17H,3-4,6-7H2,(H,18,19,21). The molecule has 0 saturated carbocycles. The molecule has 5 nitrogen and oxygen atoms in total. The van der Waals surface area contributed by atoms with Gasteiger partial charge >= 0.3 is 0 Å². The van der Waals surface area contributed by atoms with Crippen molar-refractivity contribution >= 4 is 11.6 Å². The molecule has 2 aromatic heterocycles. The number of hydrogen-bond acceptors (Lipinski definition) is 3. The molecule has 2 aromatic rings. The first kappa shape index (κ1) is 13.8. The quantitative estimate of drug-likeness (QED) is 0.910. The number of hydrogen-bond donors (Lipinski definition) is 2. The van der Waals surface area contributed by atoms with Crippen LogP contribution in [-0.4, -0.2) is 28.5 Å². The number of rotatable bonds is 3. The number of nitrogens with zero attached hydrogens (tertiary/aromatic N) is 2. The van der Waals surface area contributed by atoms with Crippen LogP contribution in [0.4, 0.5) is 10.1 Å². The minimum atomic E-state index is -0.536. The fraction of sp³-hybridized carbons (Fsp3) is 0.333. The molecule has 3 rings (SSSR count). The van der Waals surface area contributed by atoms with Gasteiger partial charge in [0.15, 0.2) is 5.82 Å². The van der Waals surface area contributed by atoms with Crippen molar-refractivity contribution in [3.05, 3.63) is 48.3 Å². The van der Waals surface area contributed by atoms with E-state index in [9.17, 15) is 9.18 Å². The number of aromatic nitrogens is 2. The van der Waals surface area contributed by atoms with Gasteiger partial charge in [0.2, 0.25) is 0 Å². The summed E-state index contributed by atoms with van der Waals surface area (Å²) in [5.41, 5.74) is 0.700. The fourth-order valence-electron chi connectivity index (χ4n) is 2.65. The van der Waals surface area contributed by atoms with Crippen LogP contribution in [0.25, 0.3) is 0 Å². The molecule has 110 valence electrons. The lowest BCUT2D eigenvalue weighted by molar-refractivity contribution is 0.101. The molecular formula is C15H17FN4O. The van der Waals surface area contributed by atoms with E-state index in [1.165, 1.54) is 12.3 Å². The minimum Gasteiger partial charge on any atom is -0.340 e. The zero-order valence-electron chi connectivity index (χ0n) is 11.6. The SMILES string of the molecule is O=C(Nc1ccncc1F)c1cccn1C1CCNCC1. The summed E-state index contributed by atoms with van der Waals surface area (Å²) in [6.45, 7) is 1.89. The fourth-order valence-corrected chi connectivity index (χ4v) is 2.65. The molecule has 1 aliphatic rings. The molecule has 0 aromatic carbocycles. The van der Waals surface area contributed by atoms with Crippen LogP contribution < -0.4 is 10.6 Å². The summed E-state index contributed by atoms with van der Waals surface area (Å²) in [6.07, 6.45) is 6.41. The molecule has 3 heterocycles. The lowest BCUT2D eigenvalue weighted by Gasteiger charge is -2.25. The summed E-state index contributed by atoms with van der Waals surface area (Å²) < 4.78 is 15.5. The van der Waals surface area contributed by atoms with E-state index in [0.29, 0.717) is 11.7 Å². The van der Waals surface area contributed by atoms with Crippen molar-refractivity contribution in [2.75, 3.05) is 18.4 Å². The molecule has 6 heteroatoms. The van der Waals surface area contributed by atoms with E-state index in [-0.39, 0.29) is 11.6 Å². The molecule has 2 N–H and O–H groups in total. The third-order valence-corrected chi connectivity index (χ3v) is 3.73. The van der Waals surface area contributed by atoms with Gasteiger partial charge in [-0.25, -0.2) is 4.39 Å². The van der Waals surface area contributed by atoms with Crippen molar-refractivity contribution in [1.29, 1.82) is 0 Å². The van der Waals surface area contributed by atoms with Crippen LogP contribution in [0.2, 0.25) is 0 Å². The molecular weight excluding hydrogens is 271 g/mol. The first-order chi connectivity index (χ1) is 10.3. The summed E-state index contributed by atoms with van der Waals surface area (Å²) >= 11 is 0. The Morgan fingerprint density at radius 3 is 2.95 bits per heavy atom. The van der Waals surface area contributed by atoms with Crippen molar-refractivity contribution in [3.63, 3.8) is 0 Å². The highest BCUT2D eigenvalue weighted by molar-refractivity contribution is 6.03. The van der Waals surface area contributed by atoms with Crippen LogP contribution in [0, 0.1) is 5.82 Å². The van der Waals surface area contributed by atoms with E-state index in [1.807, 2.05) is 16.8 Å². The third-order valence-electron chi connectivity index (χ3n) is 3.73. The van der Waals surface area contributed by atoms with Gasteiger partial charge in [-0.05, 0) is 44.1 Å². The van der Waals surface area contributed by atoms with E-state index >= 15 is 0 Å². The second kappa shape index (κ2) is 6.05. The predicted molar refractivity (Wildman–Crippen MR) is 77.7 cm³/mol. The Morgan fingerprint density at radius 1 is 1.38 bits per heavy atom. The summed E-state index contributed by atoms with van der Waals surface area (Å²) in [6, 6.07) is 5.37. The topological polar surface area (TPSA) is 59.0 Å². The maximum atomic E-state index is 13.6. The molecule has 0 unspecified atom stereocenters. The van der Waals surface area contributed by atoms with Gasteiger partial charge in [-0.3, -0.25) is 9.78 Å². The van der Waals surface area contributed by atoms with Gasteiger partial charge in [0, 0.05) is 18.4 Å². The molecule has 21 heavy (non-hydrogen) atoms. The number of anilines is 1. The van der Waals surface area contributed by atoms with Crippen LogP contribution in [-0.2, 0) is 0 Å². The van der Waals surface area contributed by atoms with Crippen molar-refractivity contribution in [2.24, 2.45) is 0 Å². The zero-order chi connectivity index (χ0) is 14.7. The average molecular weight is 288 g/mol. The number of piperidine rings is 1. The van der Waals surface area contributed by atoms with Crippen LogP contribution in [0.1, 0.15) is 29.4 Å². The number of carbonyl (C=O) groups excluding carboxylic acids is 1. The lowest BCUT2D eigenvalue weighted by Crippen LogP contribution is -2.31. The van der Waals surface area contributed by atoms with Crippen LogP contribution in [0.3, 0.4) is 0 Å². The van der Waals surface area contributed by atoms with Crippen molar-refractivity contribution in [2.45, 2.75) is 18.9 Å². The molecule has 0 spiro atoms. The van der Waals surface area contributed by atoms with Crippen LogP contribution in [0.5, 0.6) is 0 Å². The summed E-state index contributed by atoms with van der Waals surface area (Å²) in [5, 5.41) is 5.90. The molecule has 0 radical (unpaired) electrons. The Kier molecular flexibility index (Phi) is 3.96. The lowest BCUT2D eigenvalue weighted by atomic mass is 10.1. The predicted octanol–water partition coefficient (Wildman–Crippen LogP) is 2.20. The minimum absolute atomic E-state index is 0.146. The van der Waals surface area contributed by atoms with Gasteiger partial charge in [0.1, 0.15) is 5.69 Å². The van der Waals surface area contributed by atoms with Crippen molar-refractivity contribution in [3.8, 4) is 0 Å². The number of amides is 1. The highest BCUT2D eigenvalue weighted by Gasteiger charge is 2.20. The zero-order valence-corrected chi connectivity index (χ0v) is 11.6. The second-order valence-electron chi connectivity index (χ2n) is 5.09. The maximum Gasteiger partial charge on any atom is 0.272 e. The summed E-state index contributed by atoms with van der Waals surface area (Å²) in [4.78, 5) is 16.0. The van der Waals surface area contributed by atoms with E-state index in [4.69, 9.17) is 0 Å². The van der Waals surface area contributed by atoms with E-state index in [2.05, 4.69) is 15.6 Å². The monoisotopic (exact) mass is 288 g/mol. The molecule has 1 amide bonds.